The van der Waals surface area contributed by atoms with E-state index in [0.717, 1.165) is 80.2 Å². The molecule has 1 saturated heterocycles. The zero-order valence-electron chi connectivity index (χ0n) is 29.0. The lowest BCUT2D eigenvalue weighted by Crippen LogP contribution is -2.46. The molecule has 0 bridgehead atoms. The van der Waals surface area contributed by atoms with Gasteiger partial charge in [-0.3, -0.25) is 4.90 Å². The van der Waals surface area contributed by atoms with Crippen LogP contribution in [0, 0.1) is 0 Å². The third-order valence-corrected chi connectivity index (χ3v) is 9.16. The van der Waals surface area contributed by atoms with Gasteiger partial charge in [0.1, 0.15) is 18.6 Å². The van der Waals surface area contributed by atoms with Crippen molar-refractivity contribution in [2.24, 2.45) is 0 Å². The predicted molar refractivity (Wildman–Crippen MR) is 200 cm³/mol. The van der Waals surface area contributed by atoms with E-state index >= 15 is 0 Å². The Hall–Kier alpha value is -4.93. The summed E-state index contributed by atoms with van der Waals surface area (Å²) < 4.78 is 24.3. The quantitative estimate of drug-likeness (QED) is 0.0971. The Kier molecular flexibility index (Phi) is 12.5. The molecule has 10 nitrogen and oxygen atoms in total. The SMILES string of the molecule is CCOc1cc(CCCCc2oc(=O)n(CCCN3CCN(c4cccc(Cl)c4)CC3)c2O)ccc1OCc1coc(C=Cc2ccccc2)n1. The number of hydrogen-bond acceptors (Lipinski definition) is 9. The molecule has 0 spiro atoms. The van der Waals surface area contributed by atoms with Crippen LogP contribution in [0.3, 0.4) is 0 Å². The maximum atomic E-state index is 12.6. The summed E-state index contributed by atoms with van der Waals surface area (Å²) in [6, 6.07) is 23.9. The number of piperazine rings is 1. The number of unbranched alkanes of at least 4 members (excludes halogenated alkanes) is 1. The second-order valence-corrected chi connectivity index (χ2v) is 13.0. The topological polar surface area (TPSA) is 106 Å². The molecule has 2 aromatic heterocycles. The molecule has 0 aliphatic carbocycles. The number of oxazole rings is 2. The average molecular weight is 713 g/mol. The molecule has 0 amide bonds. The smallest absolute Gasteiger partial charge is 0.422 e. The average Bonchev–Trinajstić information content (AvgIpc) is 3.72. The van der Waals surface area contributed by atoms with Gasteiger partial charge in [0, 0.05) is 55.9 Å². The number of benzene rings is 3. The van der Waals surface area contributed by atoms with Crippen LogP contribution in [0.1, 0.15) is 54.7 Å². The Labute approximate surface area is 303 Å². The van der Waals surface area contributed by atoms with Gasteiger partial charge in [0.25, 0.3) is 0 Å². The summed E-state index contributed by atoms with van der Waals surface area (Å²) in [6.07, 6.45) is 9.02. The normalized spacial score (nSPS) is 13.6. The first-order chi connectivity index (χ1) is 24.9. The Morgan fingerprint density at radius 3 is 2.51 bits per heavy atom. The van der Waals surface area contributed by atoms with E-state index in [2.05, 4.69) is 20.9 Å². The first-order valence-corrected chi connectivity index (χ1v) is 18.0. The van der Waals surface area contributed by atoms with Crippen LogP contribution in [0.25, 0.3) is 12.2 Å². The lowest BCUT2D eigenvalue weighted by molar-refractivity contribution is 0.247. The largest absolute Gasteiger partial charge is 0.492 e. The van der Waals surface area contributed by atoms with Crippen LogP contribution < -0.4 is 20.1 Å². The van der Waals surface area contributed by atoms with E-state index in [4.69, 9.17) is 29.9 Å². The zero-order valence-corrected chi connectivity index (χ0v) is 29.8. The molecule has 11 heteroatoms. The van der Waals surface area contributed by atoms with Gasteiger partial charge in [-0.1, -0.05) is 54.1 Å². The summed E-state index contributed by atoms with van der Waals surface area (Å²) in [4.78, 5) is 21.8. The number of nitrogens with zero attached hydrogens (tertiary/aromatic N) is 4. The third kappa shape index (κ3) is 10.1. The summed E-state index contributed by atoms with van der Waals surface area (Å²) in [5.74, 6) is 1.61. The van der Waals surface area contributed by atoms with E-state index < -0.39 is 5.76 Å². The fraction of sp³-hybridized carbons (Fsp3) is 0.350. The first-order valence-electron chi connectivity index (χ1n) is 17.7. The van der Waals surface area contributed by atoms with Crippen molar-refractivity contribution < 1.29 is 23.4 Å². The van der Waals surface area contributed by atoms with Crippen molar-refractivity contribution in [1.29, 1.82) is 0 Å². The van der Waals surface area contributed by atoms with Crippen molar-refractivity contribution in [1.82, 2.24) is 14.5 Å². The number of rotatable bonds is 17. The summed E-state index contributed by atoms with van der Waals surface area (Å²) in [7, 11) is 0. The van der Waals surface area contributed by atoms with E-state index in [1.54, 1.807) is 6.26 Å². The zero-order chi connectivity index (χ0) is 35.4. The van der Waals surface area contributed by atoms with Crippen molar-refractivity contribution in [3.63, 3.8) is 0 Å². The van der Waals surface area contributed by atoms with E-state index in [1.807, 2.05) is 85.8 Å². The molecule has 1 fully saturated rings. The number of halogens is 1. The number of aromatic nitrogens is 2. The molecular weight excluding hydrogens is 668 g/mol. The predicted octanol–water partition coefficient (Wildman–Crippen LogP) is 7.71. The van der Waals surface area contributed by atoms with Gasteiger partial charge in [-0.2, -0.15) is 0 Å². The first kappa shape index (κ1) is 35.9. The number of ether oxygens (including phenoxy) is 2. The Morgan fingerprint density at radius 2 is 1.71 bits per heavy atom. The van der Waals surface area contributed by atoms with Gasteiger partial charge in [0.2, 0.25) is 11.8 Å². The molecular formula is C40H45ClN4O6. The van der Waals surface area contributed by atoms with Gasteiger partial charge >= 0.3 is 5.76 Å². The van der Waals surface area contributed by atoms with Crippen molar-refractivity contribution in [3.05, 3.63) is 123 Å². The maximum Gasteiger partial charge on any atom is 0.422 e. The Balaban J connectivity index is 0.926. The second-order valence-electron chi connectivity index (χ2n) is 12.6. The van der Waals surface area contributed by atoms with E-state index in [1.165, 1.54) is 4.57 Å². The highest BCUT2D eigenvalue weighted by atomic mass is 35.5. The summed E-state index contributed by atoms with van der Waals surface area (Å²) in [6.45, 7) is 7.67. The minimum Gasteiger partial charge on any atom is -0.492 e. The molecule has 0 saturated carbocycles. The highest BCUT2D eigenvalue weighted by molar-refractivity contribution is 6.30. The fourth-order valence-corrected chi connectivity index (χ4v) is 6.40. The van der Waals surface area contributed by atoms with E-state index in [9.17, 15) is 9.90 Å². The summed E-state index contributed by atoms with van der Waals surface area (Å²) in [5, 5.41) is 11.5. The maximum absolute atomic E-state index is 12.6. The number of hydrogen-bond donors (Lipinski definition) is 1. The second kappa shape index (κ2) is 17.8. The molecule has 0 unspecified atom stereocenters. The van der Waals surface area contributed by atoms with Crippen LogP contribution in [0.4, 0.5) is 5.69 Å². The van der Waals surface area contributed by atoms with Gasteiger partial charge in [0.05, 0.1) is 6.61 Å². The van der Waals surface area contributed by atoms with Crippen LogP contribution in [0.5, 0.6) is 17.4 Å². The van der Waals surface area contributed by atoms with Crippen molar-refractivity contribution >= 4 is 29.4 Å². The summed E-state index contributed by atoms with van der Waals surface area (Å²) in [5.41, 5.74) is 4.00. The minimum atomic E-state index is -0.504. The highest BCUT2D eigenvalue weighted by Gasteiger charge is 2.19. The fourth-order valence-electron chi connectivity index (χ4n) is 6.22. The molecule has 1 N–H and O–H groups in total. The standard InChI is InChI=1S/C40H45ClN4O6/c1-2-48-37-26-31(16-18-35(37)49-28-33-29-50-38(42-33)19-17-30-10-4-3-5-11-30)12-6-7-15-36-39(46)45(40(47)51-36)21-9-20-43-22-24-44(25-23-43)34-14-8-13-32(41)27-34/h3-5,8,10-11,13-14,16-19,26-27,29,46H,2,6-7,9,12,15,20-25,28H2,1H3. The van der Waals surface area contributed by atoms with Crippen LogP contribution >= 0.6 is 11.6 Å². The molecule has 51 heavy (non-hydrogen) atoms. The van der Waals surface area contributed by atoms with Crippen molar-refractivity contribution in [2.75, 3.05) is 44.2 Å². The molecule has 1 aliphatic heterocycles. The highest BCUT2D eigenvalue weighted by Crippen LogP contribution is 2.30. The van der Waals surface area contributed by atoms with E-state index in [0.29, 0.717) is 48.4 Å². The molecule has 3 heterocycles. The number of anilines is 1. The van der Waals surface area contributed by atoms with Crippen molar-refractivity contribution in [2.45, 2.75) is 52.2 Å². The van der Waals surface area contributed by atoms with Crippen LogP contribution in [-0.2, 0) is 26.0 Å². The molecule has 5 aromatic rings. The minimum absolute atomic E-state index is 0.0580. The van der Waals surface area contributed by atoms with Crippen LogP contribution in [0.15, 0.2) is 92.7 Å². The molecule has 0 atom stereocenters. The van der Waals surface area contributed by atoms with Gasteiger partial charge < -0.3 is 28.3 Å². The molecule has 3 aromatic carbocycles. The number of aryl methyl sites for hydroxylation is 2. The Bertz CT molecular complexity index is 1930. The van der Waals surface area contributed by atoms with Gasteiger partial charge in [-0.15, -0.1) is 0 Å². The summed E-state index contributed by atoms with van der Waals surface area (Å²) >= 11 is 6.16. The van der Waals surface area contributed by atoms with Gasteiger partial charge in [0.15, 0.2) is 17.3 Å². The van der Waals surface area contributed by atoms with Crippen LogP contribution in [0.2, 0.25) is 5.02 Å². The molecule has 6 rings (SSSR count). The van der Waals surface area contributed by atoms with E-state index in [-0.39, 0.29) is 12.5 Å². The lowest BCUT2D eigenvalue weighted by Gasteiger charge is -2.36. The van der Waals surface area contributed by atoms with Crippen molar-refractivity contribution in [3.8, 4) is 17.4 Å². The molecule has 1 aliphatic rings. The Morgan fingerprint density at radius 1 is 0.882 bits per heavy atom. The van der Waals surface area contributed by atoms with Gasteiger partial charge in [-0.25, -0.2) is 14.3 Å². The monoisotopic (exact) mass is 712 g/mol. The molecule has 268 valence electrons. The molecule has 0 radical (unpaired) electrons. The van der Waals surface area contributed by atoms with Gasteiger partial charge in [-0.05, 0) is 86.7 Å². The third-order valence-electron chi connectivity index (χ3n) is 8.93. The lowest BCUT2D eigenvalue weighted by atomic mass is 10.1. The number of aromatic hydroxyl groups is 1. The van der Waals surface area contributed by atoms with Crippen LogP contribution in [-0.4, -0.2) is 58.9 Å².